The van der Waals surface area contributed by atoms with Gasteiger partial charge in [0.05, 0.1) is 83.8 Å². The molecule has 0 aliphatic carbocycles. The van der Waals surface area contributed by atoms with Crippen LogP contribution in [-0.2, 0) is 65.1 Å². The van der Waals surface area contributed by atoms with Crippen molar-refractivity contribution in [1.29, 1.82) is 0 Å². The summed E-state index contributed by atoms with van der Waals surface area (Å²) in [4.78, 5) is 33.5. The summed E-state index contributed by atoms with van der Waals surface area (Å²) in [5.41, 5.74) is 9.10. The standard InChI is InChI=1S/C12H17N3O2.C12H17N3O.C11H14ClN3.C11H11F4N3.C11H12F3N3O.C11H14FN3.C10H11BrClN3.C10H12FN3/c1-16-10-5-3-4-9(11(10)17-2)8-15-12-13-6-7-14-12;1-9-10(3-2-4-11(9)8-16)7-15-12-13-5-6-14-12;1-8-3-2-4-9(10(8)12)7-15-11-13-5-6-14-11;12-9-7(6-18-10-16-4-5-17-10)2-1-3-8(9)11(13,14)15;12-11(13,14)18-9-4-2-1-3-8(9)7-17-10-15-5-6-16-10;1-8-9(3-2-4-10(8)12)7-15-11-13-5-6-14-11;11-8-3-1-2-7(9(8)12)6-15-10-13-4-5-14-10;11-9-4-2-1-3-8(9)7-14-10-12-5-6-13-10/h3-5H,6-8H2,1-2H3,(H2,13,14,15);2-4,16H,5-8H2,1H3,(H2,13,14,15);2-4H,5-7H2,1H3,(H2,13,14,15);1-3H,4-6H2,(H2,16,17,18);1-4H,5-7H2,(H2,15,16,17);2-4H,5-7H2,1H3,(H2,13,14,15);1-3H,4-6H2,(H2,13,14,15);1-4H,5-7H2,(H2,12,13,14). The van der Waals surface area contributed by atoms with Gasteiger partial charge in [-0.15, -0.1) is 13.2 Å². The third-order valence-corrected chi connectivity index (χ3v) is 21.3. The molecule has 8 aromatic carbocycles. The Balaban J connectivity index is 0.000000165. The Morgan fingerprint density at radius 1 is 0.352 bits per heavy atom. The summed E-state index contributed by atoms with van der Waals surface area (Å²) >= 11 is 15.7. The number of ether oxygens (including phenoxy) is 3. The average Bonchev–Trinajstić information content (AvgIpc) is 1.12. The molecule has 8 aliphatic rings. The molecule has 0 radical (unpaired) electrons. The normalized spacial score (nSPS) is 14.7. The molecule has 40 heteroatoms. The lowest BCUT2D eigenvalue weighted by atomic mass is 10.0. The molecule has 8 aromatic rings. The van der Waals surface area contributed by atoms with E-state index >= 15 is 0 Å². The van der Waals surface area contributed by atoms with Crippen molar-refractivity contribution < 1.29 is 58.8 Å². The van der Waals surface area contributed by atoms with Gasteiger partial charge in [0.15, 0.2) is 59.2 Å². The molecule has 0 saturated carbocycles. The summed E-state index contributed by atoms with van der Waals surface area (Å²) in [5, 5.41) is 60.1. The van der Waals surface area contributed by atoms with Gasteiger partial charge in [-0.3, -0.25) is 39.9 Å². The number of alkyl halides is 6. The maximum absolute atomic E-state index is 13.6. The molecule has 0 unspecified atom stereocenters. The number of halogens is 12. The molecule has 0 spiro atoms. The van der Waals surface area contributed by atoms with Crippen molar-refractivity contribution in [2.75, 3.05) is 119 Å². The fourth-order valence-corrected chi connectivity index (χ4v) is 13.4. The van der Waals surface area contributed by atoms with Crippen molar-refractivity contribution in [3.05, 3.63) is 262 Å². The largest absolute Gasteiger partial charge is 0.573 e. The third kappa shape index (κ3) is 33.8. The minimum absolute atomic E-state index is 0.0401. The molecule has 688 valence electrons. The van der Waals surface area contributed by atoms with Gasteiger partial charge in [0.1, 0.15) is 23.2 Å². The van der Waals surface area contributed by atoms with Crippen LogP contribution in [0.15, 0.2) is 202 Å². The first-order valence-electron chi connectivity index (χ1n) is 41.2. The number of guanidine groups is 8. The second-order valence-corrected chi connectivity index (χ2v) is 30.0. The van der Waals surface area contributed by atoms with Gasteiger partial charge >= 0.3 is 12.5 Å². The first-order valence-corrected chi connectivity index (χ1v) is 42.8. The average molecular weight is 1890 g/mol. The molecule has 28 nitrogen and oxygen atoms in total. The minimum Gasteiger partial charge on any atom is -0.493 e. The summed E-state index contributed by atoms with van der Waals surface area (Å²) in [7, 11) is 3.28. The van der Waals surface area contributed by atoms with Crippen LogP contribution in [0.25, 0.3) is 0 Å². The second-order valence-electron chi connectivity index (χ2n) is 28.4. The zero-order chi connectivity index (χ0) is 91.5. The first-order chi connectivity index (χ1) is 61.9. The van der Waals surface area contributed by atoms with E-state index in [2.05, 4.69) is 152 Å². The summed E-state index contributed by atoms with van der Waals surface area (Å²) in [6, 6.07) is 44.9. The number of hydrogen-bond donors (Lipinski definition) is 17. The topological polar surface area (TPSA) is 339 Å². The quantitative estimate of drug-likeness (QED) is 0.0315. The highest BCUT2D eigenvalue weighted by molar-refractivity contribution is 9.10. The number of aliphatic hydroxyl groups is 1. The maximum atomic E-state index is 13.6. The summed E-state index contributed by atoms with van der Waals surface area (Å²) in [6.07, 6.45) is -9.36. The van der Waals surface area contributed by atoms with E-state index in [9.17, 15) is 39.5 Å². The predicted molar refractivity (Wildman–Crippen MR) is 491 cm³/mol. The Kier molecular flexibility index (Phi) is 41.0. The van der Waals surface area contributed by atoms with Crippen molar-refractivity contribution in [1.82, 2.24) is 85.1 Å². The molecule has 0 saturated heterocycles. The van der Waals surface area contributed by atoms with Crippen molar-refractivity contribution in [3.63, 3.8) is 0 Å². The van der Waals surface area contributed by atoms with Gasteiger partial charge in [-0.1, -0.05) is 145 Å². The summed E-state index contributed by atoms with van der Waals surface area (Å²) < 4.78 is 129. The van der Waals surface area contributed by atoms with Gasteiger partial charge in [0.25, 0.3) is 0 Å². The van der Waals surface area contributed by atoms with Crippen LogP contribution in [0, 0.1) is 38.2 Å². The highest BCUT2D eigenvalue weighted by Crippen LogP contribution is 2.34. The number of aliphatic imine (C=N–C) groups is 8. The molecule has 128 heavy (non-hydrogen) atoms. The lowest BCUT2D eigenvalue weighted by Gasteiger charge is -2.14. The zero-order valence-corrected chi connectivity index (χ0v) is 74.6. The van der Waals surface area contributed by atoms with E-state index in [1.165, 1.54) is 42.0 Å². The number of methoxy groups -OCH3 is 2. The molecule has 0 aromatic heterocycles. The Morgan fingerprint density at radius 2 is 0.672 bits per heavy atom. The van der Waals surface area contributed by atoms with E-state index in [-0.39, 0.29) is 42.6 Å². The zero-order valence-electron chi connectivity index (χ0n) is 71.5. The molecule has 16 rings (SSSR count). The molecule has 0 fully saturated rings. The fourth-order valence-electron chi connectivity index (χ4n) is 12.6. The number of benzene rings is 8. The van der Waals surface area contributed by atoms with Gasteiger partial charge < -0.3 is 104 Å². The first kappa shape index (κ1) is 99.5. The Hall–Kier alpha value is -12.3. The number of aryl methyl sites for hydroxylation is 1. The van der Waals surface area contributed by atoms with Crippen molar-refractivity contribution >= 4 is 86.8 Å². The molecular formula is C88H108BrCl2F9N24O4. The fraction of sp³-hybridized carbons (Fsp3) is 0.364. The third-order valence-electron chi connectivity index (χ3n) is 19.4. The molecule has 0 atom stereocenters. The lowest BCUT2D eigenvalue weighted by Crippen LogP contribution is -2.33. The predicted octanol–water partition coefficient (Wildman–Crippen LogP) is 10.7. The van der Waals surface area contributed by atoms with Crippen LogP contribution >= 0.6 is 39.1 Å². The number of aliphatic hydroxyl groups excluding tert-OH is 1. The van der Waals surface area contributed by atoms with Gasteiger partial charge in [0, 0.05) is 136 Å². The number of rotatable bonds is 20. The van der Waals surface area contributed by atoms with Gasteiger partial charge in [-0.05, 0) is 118 Å². The highest BCUT2D eigenvalue weighted by Gasteiger charge is 2.35. The minimum atomic E-state index is -4.68. The molecule has 8 aliphatic heterocycles. The molecule has 0 amide bonds. The monoisotopic (exact) mass is 1880 g/mol. The molecular weight excluding hydrogens is 1780 g/mol. The maximum Gasteiger partial charge on any atom is 0.573 e. The van der Waals surface area contributed by atoms with Crippen LogP contribution in [0.5, 0.6) is 17.2 Å². The van der Waals surface area contributed by atoms with Gasteiger partial charge in [-0.2, -0.15) is 13.2 Å². The van der Waals surface area contributed by atoms with Crippen LogP contribution in [0.3, 0.4) is 0 Å². The number of nitrogens with one attached hydrogen (secondary N) is 16. The highest BCUT2D eigenvalue weighted by atomic mass is 79.9. The molecule has 8 heterocycles. The Morgan fingerprint density at radius 3 is 1.10 bits per heavy atom. The smallest absolute Gasteiger partial charge is 0.493 e. The van der Waals surface area contributed by atoms with Crippen molar-refractivity contribution in [3.8, 4) is 17.2 Å². The number of para-hydroxylation sites is 2. The van der Waals surface area contributed by atoms with E-state index in [0.717, 1.165) is 198 Å². The molecule has 17 N–H and O–H groups in total. The SMILES string of the molecule is COc1cccc(CNC2=NCCN2)c1OC.Cc1c(CO)cccc1CNC1=NCCN1.Cc1c(F)cccc1CNC1=NCCN1.Cc1cccc(CNC2=NCCN2)c1Cl.Clc1c(Br)cccc1CNC1=NCCN1.FC(F)(F)Oc1ccccc1CNC1=NCCN1.Fc1c(CNC2=NCCN2)cccc1C(F)(F)F.Fc1ccccc1CNC1=NCCN1. The van der Waals surface area contributed by atoms with E-state index in [1.807, 2.05) is 92.7 Å². The second kappa shape index (κ2) is 52.7. The molecule has 0 bridgehead atoms. The van der Waals surface area contributed by atoms with Crippen molar-refractivity contribution in [2.45, 2.75) is 92.3 Å². The van der Waals surface area contributed by atoms with Crippen LogP contribution in [0.4, 0.5) is 39.5 Å². The van der Waals surface area contributed by atoms with E-state index in [4.69, 9.17) is 37.8 Å². The van der Waals surface area contributed by atoms with E-state index < -0.39 is 23.9 Å². The Bertz CT molecular complexity index is 4960. The lowest BCUT2D eigenvalue weighted by molar-refractivity contribution is -0.274. The summed E-state index contributed by atoms with van der Waals surface area (Å²) in [6.45, 7) is 23.0. The van der Waals surface area contributed by atoms with Gasteiger partial charge in [-0.25, -0.2) is 13.2 Å². The number of hydrogen-bond acceptors (Lipinski definition) is 28. The van der Waals surface area contributed by atoms with Crippen LogP contribution in [0.2, 0.25) is 10.0 Å². The van der Waals surface area contributed by atoms with Crippen LogP contribution in [0.1, 0.15) is 72.3 Å². The van der Waals surface area contributed by atoms with Crippen molar-refractivity contribution in [2.24, 2.45) is 39.9 Å². The van der Waals surface area contributed by atoms with Crippen LogP contribution < -0.4 is 99.3 Å². The van der Waals surface area contributed by atoms with E-state index in [1.54, 1.807) is 51.5 Å². The van der Waals surface area contributed by atoms with E-state index in [0.29, 0.717) is 81.0 Å². The van der Waals surface area contributed by atoms with Gasteiger partial charge in [0.2, 0.25) is 0 Å². The Labute approximate surface area is 756 Å². The van der Waals surface area contributed by atoms with Crippen LogP contribution in [-0.4, -0.2) is 178 Å². The summed E-state index contributed by atoms with van der Waals surface area (Å²) in [5.74, 6) is 5.80. The number of nitrogens with zero attached hydrogens (tertiary/aromatic N) is 8.